The van der Waals surface area contributed by atoms with Crippen molar-refractivity contribution in [2.24, 2.45) is 17.8 Å². The predicted molar refractivity (Wildman–Crippen MR) is 91.6 cm³/mol. The Balaban J connectivity index is 2.93. The molecule has 1 heterocycles. The van der Waals surface area contributed by atoms with Crippen molar-refractivity contribution < 1.29 is 35.1 Å². The van der Waals surface area contributed by atoms with Crippen LogP contribution in [0.25, 0.3) is 0 Å². The molecule has 0 aromatic carbocycles. The lowest BCUT2D eigenvalue weighted by Gasteiger charge is -2.44. The van der Waals surface area contributed by atoms with Crippen molar-refractivity contribution in [2.45, 2.75) is 77.2 Å². The van der Waals surface area contributed by atoms with E-state index < -0.39 is 42.1 Å². The quantitative estimate of drug-likeness (QED) is 0.407. The van der Waals surface area contributed by atoms with Crippen LogP contribution in [0.15, 0.2) is 12.2 Å². The summed E-state index contributed by atoms with van der Waals surface area (Å²) in [7, 11) is 0. The Morgan fingerprint density at radius 1 is 1.24 bits per heavy atom. The molecule has 7 heteroatoms. The van der Waals surface area contributed by atoms with Crippen molar-refractivity contribution in [3.8, 4) is 0 Å². The summed E-state index contributed by atoms with van der Waals surface area (Å²) in [6.45, 7) is 7.45. The number of allylic oxidation sites excluding steroid dienone is 1. The summed E-state index contributed by atoms with van der Waals surface area (Å²) in [6, 6.07) is 0. The fourth-order valence-electron chi connectivity index (χ4n) is 2.98. The van der Waals surface area contributed by atoms with Gasteiger partial charge in [-0.2, -0.15) is 0 Å². The molecule has 2 unspecified atom stereocenters. The lowest BCUT2D eigenvalue weighted by Crippen LogP contribution is -2.56. The lowest BCUT2D eigenvalue weighted by atomic mass is 9.82. The van der Waals surface area contributed by atoms with E-state index in [1.165, 1.54) is 0 Å². The van der Waals surface area contributed by atoms with Gasteiger partial charge in [0.25, 0.3) is 0 Å². The summed E-state index contributed by atoms with van der Waals surface area (Å²) in [5.74, 6) is -4.23. The molecule has 0 aromatic heterocycles. The summed E-state index contributed by atoms with van der Waals surface area (Å²) in [5, 5.41) is 50.4. The van der Waals surface area contributed by atoms with E-state index >= 15 is 0 Å². The largest absolute Gasteiger partial charge is 0.481 e. The zero-order chi connectivity index (χ0) is 19.4. The molecular weight excluding hydrogens is 328 g/mol. The van der Waals surface area contributed by atoms with Crippen molar-refractivity contribution >= 4 is 5.97 Å². The summed E-state index contributed by atoms with van der Waals surface area (Å²) in [4.78, 5) is 11.5. The van der Waals surface area contributed by atoms with Crippen LogP contribution >= 0.6 is 0 Å². The van der Waals surface area contributed by atoms with Crippen LogP contribution in [0.1, 0.15) is 47.0 Å². The van der Waals surface area contributed by atoms with Crippen molar-refractivity contribution in [3.05, 3.63) is 12.2 Å². The fraction of sp³-hybridized carbons (Fsp3) is 0.833. The molecule has 1 aliphatic heterocycles. The second-order valence-electron chi connectivity index (χ2n) is 7.69. The van der Waals surface area contributed by atoms with E-state index in [-0.39, 0.29) is 31.1 Å². The summed E-state index contributed by atoms with van der Waals surface area (Å²) >= 11 is 0. The van der Waals surface area contributed by atoms with E-state index in [2.05, 4.69) is 0 Å². The molecule has 0 bridgehead atoms. The first kappa shape index (κ1) is 22.1. The number of carboxylic acid groups (broad SMARTS) is 1. The predicted octanol–water partition coefficient (Wildman–Crippen LogP) is 0.896. The molecular formula is C18H32O7. The van der Waals surface area contributed by atoms with Crippen LogP contribution in [0.5, 0.6) is 0 Å². The number of aliphatic carboxylic acids is 1. The summed E-state index contributed by atoms with van der Waals surface area (Å²) in [5.41, 5.74) is 0. The third-order valence-corrected chi connectivity index (χ3v) is 4.49. The van der Waals surface area contributed by atoms with Crippen molar-refractivity contribution in [2.75, 3.05) is 0 Å². The van der Waals surface area contributed by atoms with Crippen LogP contribution in [0, 0.1) is 17.8 Å². The number of aliphatic hydroxyl groups excluding tert-OH is 3. The molecule has 5 N–H and O–H groups in total. The van der Waals surface area contributed by atoms with Crippen LogP contribution in [-0.2, 0) is 9.53 Å². The van der Waals surface area contributed by atoms with Gasteiger partial charge < -0.3 is 30.3 Å². The smallest absolute Gasteiger partial charge is 0.311 e. The zero-order valence-corrected chi connectivity index (χ0v) is 15.4. The Bertz CT molecular complexity index is 462. The highest BCUT2D eigenvalue weighted by atomic mass is 16.6. The van der Waals surface area contributed by atoms with Gasteiger partial charge in [-0.15, -0.1) is 0 Å². The molecule has 0 radical (unpaired) electrons. The third kappa shape index (κ3) is 6.67. The van der Waals surface area contributed by atoms with Crippen LogP contribution in [0.4, 0.5) is 0 Å². The van der Waals surface area contributed by atoms with Gasteiger partial charge in [0.05, 0.1) is 24.4 Å². The highest BCUT2D eigenvalue weighted by Crippen LogP contribution is 2.37. The molecule has 0 aromatic rings. The molecule has 0 amide bonds. The lowest BCUT2D eigenvalue weighted by molar-refractivity contribution is -0.300. The summed E-state index contributed by atoms with van der Waals surface area (Å²) in [6.07, 6.45) is -1.39. The first-order valence-corrected chi connectivity index (χ1v) is 8.80. The number of ether oxygens (including phenoxy) is 1. The standard InChI is InChI=1S/C18H32O7/c1-10(2)5-6-12(19)7-15-16(17(22)23)14(21)9-18(24,25-15)8-13(20)11(3)4/h5-6,10-16,19-21,24H,7-9H2,1-4H3,(H,22,23)/b6-5+/t12-,13?,14-,15?,16+,18+/m0/s1. The average molecular weight is 360 g/mol. The number of hydrogen-bond acceptors (Lipinski definition) is 6. The van der Waals surface area contributed by atoms with Crippen LogP contribution in [-0.4, -0.2) is 61.7 Å². The van der Waals surface area contributed by atoms with E-state index in [9.17, 15) is 30.3 Å². The monoisotopic (exact) mass is 360 g/mol. The minimum Gasteiger partial charge on any atom is -0.481 e. The van der Waals surface area contributed by atoms with Crippen molar-refractivity contribution in [1.29, 1.82) is 0 Å². The van der Waals surface area contributed by atoms with E-state index in [0.29, 0.717) is 0 Å². The second kappa shape index (κ2) is 9.09. The fourth-order valence-corrected chi connectivity index (χ4v) is 2.98. The maximum Gasteiger partial charge on any atom is 0.311 e. The van der Waals surface area contributed by atoms with E-state index in [1.54, 1.807) is 26.0 Å². The SMILES string of the molecule is CC(C)/C=C/[C@H](O)CC1O[C@](O)(CC(O)C(C)C)C[C@H](O)[C@H]1C(=O)O. The zero-order valence-electron chi connectivity index (χ0n) is 15.4. The van der Waals surface area contributed by atoms with Crippen LogP contribution < -0.4 is 0 Å². The molecule has 0 saturated carbocycles. The Labute approximate surface area is 148 Å². The molecule has 1 saturated heterocycles. The first-order valence-electron chi connectivity index (χ1n) is 8.80. The maximum absolute atomic E-state index is 11.5. The highest BCUT2D eigenvalue weighted by molar-refractivity contribution is 5.71. The van der Waals surface area contributed by atoms with Gasteiger partial charge in [0, 0.05) is 19.3 Å². The Kier molecular flexibility index (Phi) is 8.02. The van der Waals surface area contributed by atoms with Crippen LogP contribution in [0.2, 0.25) is 0 Å². The molecule has 0 spiro atoms. The minimum atomic E-state index is -1.83. The topological polar surface area (TPSA) is 127 Å². The van der Waals surface area contributed by atoms with E-state index in [0.717, 1.165) is 0 Å². The van der Waals surface area contributed by atoms with Gasteiger partial charge in [-0.05, 0) is 11.8 Å². The molecule has 0 aliphatic carbocycles. The van der Waals surface area contributed by atoms with Crippen molar-refractivity contribution in [1.82, 2.24) is 0 Å². The van der Waals surface area contributed by atoms with Gasteiger partial charge in [-0.25, -0.2) is 0 Å². The summed E-state index contributed by atoms with van der Waals surface area (Å²) < 4.78 is 5.58. The maximum atomic E-state index is 11.5. The average Bonchev–Trinajstić information content (AvgIpc) is 2.43. The van der Waals surface area contributed by atoms with Crippen molar-refractivity contribution in [3.63, 3.8) is 0 Å². The number of carboxylic acids is 1. The molecule has 7 nitrogen and oxygen atoms in total. The van der Waals surface area contributed by atoms with Gasteiger partial charge in [0.15, 0.2) is 5.79 Å². The Morgan fingerprint density at radius 3 is 2.32 bits per heavy atom. The minimum absolute atomic E-state index is 0.0721. The van der Waals surface area contributed by atoms with E-state index in [4.69, 9.17) is 4.74 Å². The van der Waals surface area contributed by atoms with Gasteiger partial charge in [-0.3, -0.25) is 4.79 Å². The molecule has 6 atom stereocenters. The highest BCUT2D eigenvalue weighted by Gasteiger charge is 2.49. The second-order valence-corrected chi connectivity index (χ2v) is 7.69. The van der Waals surface area contributed by atoms with Gasteiger partial charge in [-0.1, -0.05) is 39.8 Å². The molecule has 146 valence electrons. The number of carbonyl (C=O) groups is 1. The Morgan fingerprint density at radius 2 is 1.84 bits per heavy atom. The van der Waals surface area contributed by atoms with Gasteiger partial charge in [0.1, 0.15) is 5.92 Å². The number of rotatable bonds is 8. The molecule has 1 fully saturated rings. The first-order chi connectivity index (χ1) is 11.4. The number of aliphatic hydroxyl groups is 4. The Hall–Kier alpha value is -0.990. The molecule has 1 aliphatic rings. The van der Waals surface area contributed by atoms with Crippen LogP contribution in [0.3, 0.4) is 0 Å². The molecule has 25 heavy (non-hydrogen) atoms. The molecule has 1 rings (SSSR count). The normalized spacial score (nSPS) is 33.1. The third-order valence-electron chi connectivity index (χ3n) is 4.49. The van der Waals surface area contributed by atoms with E-state index in [1.807, 2.05) is 13.8 Å². The van der Waals surface area contributed by atoms with Gasteiger partial charge >= 0.3 is 5.97 Å². The van der Waals surface area contributed by atoms with Gasteiger partial charge in [0.2, 0.25) is 0 Å². The number of hydrogen-bond donors (Lipinski definition) is 5.